The molecule has 3 rings (SSSR count). The van der Waals surface area contributed by atoms with E-state index in [2.05, 4.69) is 42.8 Å². The van der Waals surface area contributed by atoms with Gasteiger partial charge in [0.25, 0.3) is 0 Å². The highest BCUT2D eigenvalue weighted by atomic mass is 19.4. The monoisotopic (exact) mass is 444 g/mol. The number of unbranched alkanes of at least 4 members (excludes halogenated alkanes) is 1. The van der Waals surface area contributed by atoms with Crippen molar-refractivity contribution >= 4 is 5.57 Å². The van der Waals surface area contributed by atoms with Gasteiger partial charge < -0.3 is 0 Å². The summed E-state index contributed by atoms with van der Waals surface area (Å²) in [5.74, 6) is 1.29. The number of pyridine rings is 1. The van der Waals surface area contributed by atoms with Crippen LogP contribution in [0.3, 0.4) is 0 Å². The van der Waals surface area contributed by atoms with Crippen molar-refractivity contribution in [2.45, 2.75) is 65.1 Å². The van der Waals surface area contributed by atoms with E-state index in [4.69, 9.17) is 0 Å². The van der Waals surface area contributed by atoms with Crippen LogP contribution >= 0.6 is 0 Å². The van der Waals surface area contributed by atoms with Gasteiger partial charge in [0, 0.05) is 18.9 Å². The van der Waals surface area contributed by atoms with E-state index in [9.17, 15) is 13.2 Å². The van der Waals surface area contributed by atoms with Crippen molar-refractivity contribution in [1.29, 1.82) is 0 Å². The lowest BCUT2D eigenvalue weighted by atomic mass is 9.83. The number of fused-ring (bicyclic) bond motifs is 1. The van der Waals surface area contributed by atoms with E-state index in [0.29, 0.717) is 11.8 Å². The highest BCUT2D eigenvalue weighted by Gasteiger charge is 2.31. The van der Waals surface area contributed by atoms with Crippen LogP contribution in [0.1, 0.15) is 81.2 Å². The Kier molecular flexibility index (Phi) is 8.16. The molecule has 0 bridgehead atoms. The number of nitrogens with zero attached hydrogens (tertiary/aromatic N) is 2. The molecule has 0 amide bonds. The lowest BCUT2D eigenvalue weighted by Gasteiger charge is -2.28. The molecule has 0 saturated heterocycles. The van der Waals surface area contributed by atoms with E-state index in [1.807, 2.05) is 19.4 Å². The number of benzene rings is 1. The molecule has 0 spiro atoms. The first kappa shape index (κ1) is 24.5. The topological polar surface area (TPSA) is 16.1 Å². The van der Waals surface area contributed by atoms with Gasteiger partial charge in [-0.1, -0.05) is 58.2 Å². The molecule has 0 aliphatic carbocycles. The maximum absolute atomic E-state index is 13.1. The number of alkyl halides is 3. The summed E-state index contributed by atoms with van der Waals surface area (Å²) in [6.07, 6.45) is 7.59. The minimum absolute atomic E-state index is 0.131. The van der Waals surface area contributed by atoms with Crippen LogP contribution < -0.4 is 0 Å². The van der Waals surface area contributed by atoms with Gasteiger partial charge in [-0.05, 0) is 72.2 Å². The van der Waals surface area contributed by atoms with E-state index in [0.717, 1.165) is 24.1 Å². The van der Waals surface area contributed by atoms with E-state index >= 15 is 0 Å². The van der Waals surface area contributed by atoms with Gasteiger partial charge in [-0.3, -0.25) is 9.88 Å². The van der Waals surface area contributed by atoms with Gasteiger partial charge >= 0.3 is 6.18 Å². The number of allylic oxidation sites excluding steroid dienone is 1. The molecule has 2 unspecified atom stereocenters. The van der Waals surface area contributed by atoms with Crippen LogP contribution in [-0.4, -0.2) is 23.5 Å². The van der Waals surface area contributed by atoms with Gasteiger partial charge in [0.15, 0.2) is 0 Å². The van der Waals surface area contributed by atoms with Crippen LogP contribution in [0, 0.1) is 11.8 Å². The molecule has 2 atom stereocenters. The van der Waals surface area contributed by atoms with Crippen molar-refractivity contribution in [3.05, 3.63) is 71.1 Å². The quantitative estimate of drug-likeness (QED) is 0.413. The molecule has 0 saturated carbocycles. The zero-order valence-electron chi connectivity index (χ0n) is 19.6. The summed E-state index contributed by atoms with van der Waals surface area (Å²) in [5, 5.41) is 0. The minimum Gasteiger partial charge on any atom is -0.292 e. The average Bonchev–Trinajstić information content (AvgIpc) is 2.88. The van der Waals surface area contributed by atoms with Crippen molar-refractivity contribution in [1.82, 2.24) is 9.88 Å². The van der Waals surface area contributed by atoms with E-state index in [-0.39, 0.29) is 6.04 Å². The van der Waals surface area contributed by atoms with Crippen LogP contribution in [0.5, 0.6) is 0 Å². The summed E-state index contributed by atoms with van der Waals surface area (Å²) < 4.78 is 39.2. The highest BCUT2D eigenvalue weighted by Crippen LogP contribution is 2.39. The zero-order valence-corrected chi connectivity index (χ0v) is 19.6. The van der Waals surface area contributed by atoms with Crippen molar-refractivity contribution in [3.63, 3.8) is 0 Å². The van der Waals surface area contributed by atoms with Crippen LogP contribution in [0.2, 0.25) is 0 Å². The molecule has 1 aromatic heterocycles. The van der Waals surface area contributed by atoms with E-state index in [1.165, 1.54) is 49.0 Å². The fraction of sp³-hybridized carbons (Fsp3) is 0.519. The summed E-state index contributed by atoms with van der Waals surface area (Å²) >= 11 is 0. The fourth-order valence-corrected chi connectivity index (χ4v) is 4.88. The van der Waals surface area contributed by atoms with E-state index < -0.39 is 11.7 Å². The third-order valence-corrected chi connectivity index (χ3v) is 6.39. The van der Waals surface area contributed by atoms with Crippen LogP contribution in [-0.2, 0) is 6.18 Å². The van der Waals surface area contributed by atoms with Crippen molar-refractivity contribution in [2.75, 3.05) is 13.6 Å². The number of halogens is 3. The Bertz CT molecular complexity index is 900. The minimum atomic E-state index is -4.33. The largest absolute Gasteiger partial charge is 0.416 e. The average molecular weight is 445 g/mol. The maximum Gasteiger partial charge on any atom is 0.416 e. The molecule has 0 N–H and O–H groups in total. The van der Waals surface area contributed by atoms with Crippen molar-refractivity contribution in [3.8, 4) is 0 Å². The third kappa shape index (κ3) is 6.00. The van der Waals surface area contributed by atoms with Gasteiger partial charge in [0.05, 0.1) is 11.6 Å². The van der Waals surface area contributed by atoms with Gasteiger partial charge in [-0.2, -0.15) is 13.2 Å². The van der Waals surface area contributed by atoms with Crippen molar-refractivity contribution in [2.24, 2.45) is 11.8 Å². The molecule has 1 aromatic carbocycles. The Morgan fingerprint density at radius 3 is 2.47 bits per heavy atom. The molecule has 5 heteroatoms. The second kappa shape index (κ2) is 10.7. The van der Waals surface area contributed by atoms with Gasteiger partial charge in [0.1, 0.15) is 0 Å². The first-order valence-electron chi connectivity index (χ1n) is 11.7. The zero-order chi connectivity index (χ0) is 23.3. The Labute approximate surface area is 190 Å². The summed E-state index contributed by atoms with van der Waals surface area (Å²) in [7, 11) is 2.03. The molecular weight excluding hydrogens is 409 g/mol. The smallest absolute Gasteiger partial charge is 0.292 e. The predicted octanol–water partition coefficient (Wildman–Crippen LogP) is 7.76. The van der Waals surface area contributed by atoms with Crippen LogP contribution in [0.25, 0.3) is 5.57 Å². The predicted molar refractivity (Wildman–Crippen MR) is 125 cm³/mol. The van der Waals surface area contributed by atoms with Crippen LogP contribution in [0.15, 0.2) is 48.8 Å². The second-order valence-electron chi connectivity index (χ2n) is 9.50. The summed E-state index contributed by atoms with van der Waals surface area (Å²) in [6.45, 7) is 7.55. The fourth-order valence-electron chi connectivity index (χ4n) is 4.88. The first-order chi connectivity index (χ1) is 15.2. The van der Waals surface area contributed by atoms with Crippen molar-refractivity contribution < 1.29 is 13.2 Å². The first-order valence-corrected chi connectivity index (χ1v) is 11.7. The molecule has 174 valence electrons. The number of hydrogen-bond acceptors (Lipinski definition) is 2. The summed E-state index contributed by atoms with van der Waals surface area (Å²) in [4.78, 5) is 6.58. The number of hydrogen-bond donors (Lipinski definition) is 0. The summed E-state index contributed by atoms with van der Waals surface area (Å²) in [6, 6.07) is 7.52. The van der Waals surface area contributed by atoms with Gasteiger partial charge in [-0.15, -0.1) is 0 Å². The Hall–Kier alpha value is -2.14. The molecule has 32 heavy (non-hydrogen) atoms. The molecule has 2 aromatic rings. The second-order valence-corrected chi connectivity index (χ2v) is 9.50. The summed E-state index contributed by atoms with van der Waals surface area (Å²) in [5.41, 5.74) is 3.83. The third-order valence-electron chi connectivity index (χ3n) is 6.39. The molecule has 2 nitrogen and oxygen atoms in total. The van der Waals surface area contributed by atoms with E-state index in [1.54, 1.807) is 12.1 Å². The highest BCUT2D eigenvalue weighted by molar-refractivity contribution is 5.70. The molecule has 1 aliphatic heterocycles. The Balaban J connectivity index is 1.94. The molecular formula is C27H35F3N2. The number of likely N-dealkylation sites (N-methyl/N-ethyl adjacent to an activating group) is 1. The Morgan fingerprint density at radius 1 is 1.12 bits per heavy atom. The van der Waals surface area contributed by atoms with Gasteiger partial charge in [-0.25, -0.2) is 0 Å². The van der Waals surface area contributed by atoms with Crippen LogP contribution in [0.4, 0.5) is 13.2 Å². The standard InChI is InChI=1S/C27H35F3N2/c1-5-6-7-20(16-19(2)3)17-22-13-15-32(4)26(25-18-31-14-12-24(22)25)21-8-10-23(11-9-21)27(28,29)30/h8-14,18-20,26H,5-7,15-17H2,1-4H3. The van der Waals surface area contributed by atoms with Gasteiger partial charge in [0.2, 0.25) is 0 Å². The lowest BCUT2D eigenvalue weighted by molar-refractivity contribution is -0.137. The number of aromatic nitrogens is 1. The molecule has 1 aliphatic rings. The normalized spacial score (nSPS) is 18.2. The molecule has 2 heterocycles. The SMILES string of the molecule is CCCCC(CC1=CCN(C)C(c2ccc(C(F)(F)F)cc2)c2cnccc21)CC(C)C. The molecule has 0 fully saturated rings. The lowest BCUT2D eigenvalue weighted by Crippen LogP contribution is -2.25. The molecule has 0 radical (unpaired) electrons. The number of rotatable bonds is 8. The maximum atomic E-state index is 13.1. The Morgan fingerprint density at radius 2 is 1.84 bits per heavy atom.